The smallest absolute Gasteiger partial charge is 0.119 e. The summed E-state index contributed by atoms with van der Waals surface area (Å²) in [6.07, 6.45) is -0.290. The highest BCUT2D eigenvalue weighted by molar-refractivity contribution is 5.42. The normalized spacial score (nSPS) is 19.1. The summed E-state index contributed by atoms with van der Waals surface area (Å²) in [6, 6.07) is 24.1. The molecule has 0 saturated carbocycles. The van der Waals surface area contributed by atoms with Crippen LogP contribution >= 0.6 is 0 Å². The van der Waals surface area contributed by atoms with E-state index in [1.165, 1.54) is 11.1 Å². The lowest BCUT2D eigenvalue weighted by Crippen LogP contribution is -2.30. The van der Waals surface area contributed by atoms with Gasteiger partial charge in [0.15, 0.2) is 0 Å². The molecule has 3 aromatic carbocycles. The van der Waals surface area contributed by atoms with E-state index >= 15 is 0 Å². The molecule has 0 bridgehead atoms. The van der Waals surface area contributed by atoms with Crippen LogP contribution in [0.5, 0.6) is 17.2 Å². The lowest BCUT2D eigenvalue weighted by Gasteiger charge is -2.28. The third-order valence-corrected chi connectivity index (χ3v) is 7.46. The first-order chi connectivity index (χ1) is 19.2. The van der Waals surface area contributed by atoms with Gasteiger partial charge in [0.25, 0.3) is 0 Å². The zero-order chi connectivity index (χ0) is 28.2. The fraction of sp³-hybridized carbons (Fsp3) is 0.455. The molecular formula is C33H40O7. The van der Waals surface area contributed by atoms with Gasteiger partial charge in [0, 0.05) is 5.41 Å². The summed E-state index contributed by atoms with van der Waals surface area (Å²) in [5.41, 5.74) is 2.61. The molecule has 2 saturated heterocycles. The van der Waals surface area contributed by atoms with Crippen molar-refractivity contribution >= 4 is 0 Å². The summed E-state index contributed by atoms with van der Waals surface area (Å²) in [7, 11) is 0. The highest BCUT2D eigenvalue weighted by atomic mass is 16.6. The summed E-state index contributed by atoms with van der Waals surface area (Å²) in [5, 5.41) is 10.5. The molecule has 3 aromatic rings. The van der Waals surface area contributed by atoms with Crippen LogP contribution in [-0.4, -0.2) is 63.1 Å². The van der Waals surface area contributed by atoms with Gasteiger partial charge in [-0.15, -0.1) is 0 Å². The molecule has 2 aliphatic heterocycles. The van der Waals surface area contributed by atoms with Gasteiger partial charge in [0.05, 0.1) is 25.4 Å². The molecule has 3 unspecified atom stereocenters. The molecule has 5 rings (SSSR count). The monoisotopic (exact) mass is 548 g/mol. The van der Waals surface area contributed by atoms with Crippen LogP contribution in [0.1, 0.15) is 44.4 Å². The first-order valence-electron chi connectivity index (χ1n) is 13.9. The van der Waals surface area contributed by atoms with E-state index in [0.29, 0.717) is 19.0 Å². The van der Waals surface area contributed by atoms with Crippen LogP contribution in [0.2, 0.25) is 0 Å². The van der Waals surface area contributed by atoms with E-state index in [2.05, 4.69) is 38.1 Å². The van der Waals surface area contributed by atoms with E-state index in [9.17, 15) is 5.11 Å². The summed E-state index contributed by atoms with van der Waals surface area (Å²) in [4.78, 5) is 0. The Kier molecular flexibility index (Phi) is 8.66. The molecule has 2 heterocycles. The van der Waals surface area contributed by atoms with Crippen molar-refractivity contribution in [3.8, 4) is 17.2 Å². The fourth-order valence-corrected chi connectivity index (χ4v) is 4.39. The highest BCUT2D eigenvalue weighted by Crippen LogP contribution is 2.33. The van der Waals surface area contributed by atoms with Crippen molar-refractivity contribution in [2.75, 3.05) is 39.6 Å². The standard InChI is InChI=1S/C33H40O7/c1-32(2,24-7-13-28(14-8-24)36-19-30-21-38-30)23-5-11-27(12-6-23)35-17-26(34)18-40-33(3,4)25-9-15-29(16-10-25)37-20-31-22-39-31/h5-16,26,30-31,34H,17-22H2,1-4H3. The number of rotatable bonds is 15. The summed E-state index contributed by atoms with van der Waals surface area (Å²) in [5.74, 6) is 2.36. The minimum absolute atomic E-state index is 0.141. The Hall–Kier alpha value is -3.10. The molecule has 0 radical (unpaired) electrons. The Bertz CT molecular complexity index is 1210. The number of ether oxygens (including phenoxy) is 6. The summed E-state index contributed by atoms with van der Waals surface area (Å²) in [6.45, 7) is 11.4. The number of aliphatic hydroxyl groups excluding tert-OH is 1. The zero-order valence-electron chi connectivity index (χ0n) is 23.8. The van der Waals surface area contributed by atoms with Gasteiger partial charge < -0.3 is 33.5 Å². The van der Waals surface area contributed by atoms with E-state index in [4.69, 9.17) is 28.4 Å². The van der Waals surface area contributed by atoms with Crippen molar-refractivity contribution in [2.45, 2.75) is 57.0 Å². The van der Waals surface area contributed by atoms with Gasteiger partial charge >= 0.3 is 0 Å². The number of epoxide rings is 2. The molecule has 7 heteroatoms. The molecule has 2 aliphatic rings. The molecule has 0 spiro atoms. The Morgan fingerprint density at radius 1 is 0.650 bits per heavy atom. The third-order valence-electron chi connectivity index (χ3n) is 7.46. The molecule has 0 aliphatic carbocycles. The lowest BCUT2D eigenvalue weighted by molar-refractivity contribution is -0.0717. The Morgan fingerprint density at radius 2 is 1.05 bits per heavy atom. The Labute approximate surface area is 236 Å². The van der Waals surface area contributed by atoms with Crippen molar-refractivity contribution in [1.29, 1.82) is 0 Å². The predicted octanol–water partition coefficient (Wildman–Crippen LogP) is 5.26. The van der Waals surface area contributed by atoms with Crippen LogP contribution < -0.4 is 14.2 Å². The third kappa shape index (κ3) is 7.76. The van der Waals surface area contributed by atoms with Gasteiger partial charge in [-0.3, -0.25) is 0 Å². The molecular weight excluding hydrogens is 508 g/mol. The molecule has 3 atom stereocenters. The quantitative estimate of drug-likeness (QED) is 0.260. The van der Waals surface area contributed by atoms with Crippen LogP contribution in [0.15, 0.2) is 72.8 Å². The second-order valence-corrected chi connectivity index (χ2v) is 11.5. The molecule has 40 heavy (non-hydrogen) atoms. The van der Waals surface area contributed by atoms with Crippen LogP contribution in [-0.2, 0) is 25.2 Å². The number of benzene rings is 3. The second kappa shape index (κ2) is 12.2. The molecule has 1 N–H and O–H groups in total. The van der Waals surface area contributed by atoms with Crippen LogP contribution in [0.4, 0.5) is 0 Å². The van der Waals surface area contributed by atoms with E-state index in [0.717, 1.165) is 30.3 Å². The number of hydrogen-bond donors (Lipinski definition) is 1. The van der Waals surface area contributed by atoms with E-state index in [1.54, 1.807) is 0 Å². The van der Waals surface area contributed by atoms with Crippen molar-refractivity contribution in [3.63, 3.8) is 0 Å². The fourth-order valence-electron chi connectivity index (χ4n) is 4.39. The first-order valence-corrected chi connectivity index (χ1v) is 13.9. The Morgan fingerprint density at radius 3 is 1.48 bits per heavy atom. The van der Waals surface area contributed by atoms with Crippen LogP contribution in [0.25, 0.3) is 0 Å². The molecule has 0 amide bonds. The van der Waals surface area contributed by atoms with Gasteiger partial charge in [0.2, 0.25) is 0 Å². The van der Waals surface area contributed by atoms with Crippen molar-refractivity contribution in [1.82, 2.24) is 0 Å². The minimum atomic E-state index is -0.760. The average molecular weight is 549 g/mol. The maximum atomic E-state index is 10.5. The van der Waals surface area contributed by atoms with Gasteiger partial charge in [-0.2, -0.15) is 0 Å². The van der Waals surface area contributed by atoms with Crippen molar-refractivity contribution in [3.05, 3.63) is 89.5 Å². The zero-order valence-corrected chi connectivity index (χ0v) is 23.8. The molecule has 0 aromatic heterocycles. The van der Waals surface area contributed by atoms with E-state index < -0.39 is 11.7 Å². The maximum absolute atomic E-state index is 10.5. The predicted molar refractivity (Wildman–Crippen MR) is 152 cm³/mol. The largest absolute Gasteiger partial charge is 0.491 e. The molecule has 2 fully saturated rings. The number of hydrogen-bond acceptors (Lipinski definition) is 7. The molecule has 7 nitrogen and oxygen atoms in total. The number of aliphatic hydroxyl groups is 1. The summed E-state index contributed by atoms with van der Waals surface area (Å²) >= 11 is 0. The van der Waals surface area contributed by atoms with E-state index in [-0.39, 0.29) is 30.8 Å². The highest BCUT2D eigenvalue weighted by Gasteiger charge is 2.26. The van der Waals surface area contributed by atoms with Crippen LogP contribution in [0.3, 0.4) is 0 Å². The van der Waals surface area contributed by atoms with Gasteiger partial charge in [0.1, 0.15) is 55.4 Å². The minimum Gasteiger partial charge on any atom is -0.491 e. The van der Waals surface area contributed by atoms with Gasteiger partial charge in [-0.25, -0.2) is 0 Å². The second-order valence-electron chi connectivity index (χ2n) is 11.5. The SMILES string of the molecule is CC(C)(OCC(O)COc1ccc(C(C)(C)c2ccc(OCC3CO3)cc2)cc1)c1ccc(OCC2CO2)cc1. The Balaban J connectivity index is 1.07. The molecule has 214 valence electrons. The first kappa shape index (κ1) is 28.4. The summed E-state index contributed by atoms with van der Waals surface area (Å²) < 4.78 is 33.8. The average Bonchev–Trinajstić information content (AvgIpc) is 3.89. The van der Waals surface area contributed by atoms with Crippen molar-refractivity contribution < 1.29 is 33.5 Å². The van der Waals surface area contributed by atoms with Gasteiger partial charge in [-0.1, -0.05) is 50.2 Å². The topological polar surface area (TPSA) is 82.2 Å². The lowest BCUT2D eigenvalue weighted by atomic mass is 9.78. The van der Waals surface area contributed by atoms with E-state index in [1.807, 2.05) is 62.4 Å². The van der Waals surface area contributed by atoms with Crippen LogP contribution in [0, 0.1) is 0 Å². The maximum Gasteiger partial charge on any atom is 0.119 e. The van der Waals surface area contributed by atoms with Gasteiger partial charge in [-0.05, 0) is 66.9 Å². The van der Waals surface area contributed by atoms with Crippen molar-refractivity contribution in [2.24, 2.45) is 0 Å².